The molecule has 3 aromatic carbocycles. The van der Waals surface area contributed by atoms with Crippen LogP contribution in [0.1, 0.15) is 22.3 Å². The van der Waals surface area contributed by atoms with Crippen LogP contribution in [-0.4, -0.2) is 24.3 Å². The summed E-state index contributed by atoms with van der Waals surface area (Å²) >= 11 is 0. The average Bonchev–Trinajstić information content (AvgIpc) is 3.19. The van der Waals surface area contributed by atoms with Gasteiger partial charge in [-0.1, -0.05) is 24.3 Å². The summed E-state index contributed by atoms with van der Waals surface area (Å²) < 4.78 is 13.4. The fourth-order valence-corrected chi connectivity index (χ4v) is 3.64. The number of carbonyl (C=O) groups is 3. The van der Waals surface area contributed by atoms with Crippen molar-refractivity contribution in [1.82, 2.24) is 0 Å². The lowest BCUT2D eigenvalue weighted by atomic mass is 10.1. The Hall–Kier alpha value is -4.00. The molecule has 32 heavy (non-hydrogen) atoms. The zero-order valence-corrected chi connectivity index (χ0v) is 17.5. The summed E-state index contributed by atoms with van der Waals surface area (Å²) in [6.45, 7) is 1.82. The normalized spacial score (nSPS) is 15.5. The van der Waals surface area contributed by atoms with E-state index in [2.05, 4.69) is 10.6 Å². The van der Waals surface area contributed by atoms with E-state index in [0.29, 0.717) is 28.2 Å². The summed E-state index contributed by atoms with van der Waals surface area (Å²) in [4.78, 5) is 39.4. The lowest BCUT2D eigenvalue weighted by Gasteiger charge is -2.18. The summed E-state index contributed by atoms with van der Waals surface area (Å²) in [6, 6.07) is 20.2. The molecule has 0 radical (unpaired) electrons. The van der Waals surface area contributed by atoms with Crippen LogP contribution in [0.5, 0.6) is 0 Å². The molecule has 1 aliphatic heterocycles. The molecule has 1 fully saturated rings. The second kappa shape index (κ2) is 9.01. The Labute approximate surface area is 185 Å². The number of nitrogens with one attached hydrogen (secondary N) is 2. The van der Waals surface area contributed by atoms with Gasteiger partial charge in [-0.25, -0.2) is 4.39 Å². The highest BCUT2D eigenvalue weighted by Crippen LogP contribution is 2.27. The third-order valence-electron chi connectivity index (χ3n) is 5.37. The molecule has 0 saturated carbocycles. The molecular weight excluding hydrogens is 409 g/mol. The summed E-state index contributed by atoms with van der Waals surface area (Å²) in [5, 5.41) is 5.57. The molecule has 3 amide bonds. The molecule has 3 aromatic rings. The van der Waals surface area contributed by atoms with Crippen molar-refractivity contribution >= 4 is 34.8 Å². The predicted molar refractivity (Wildman–Crippen MR) is 121 cm³/mol. The molecule has 6 nitrogen and oxygen atoms in total. The predicted octanol–water partition coefficient (Wildman–Crippen LogP) is 4.38. The van der Waals surface area contributed by atoms with Crippen LogP contribution in [0.2, 0.25) is 0 Å². The highest BCUT2D eigenvalue weighted by atomic mass is 19.1. The minimum absolute atomic E-state index is 0.0620. The van der Waals surface area contributed by atoms with Crippen LogP contribution in [0, 0.1) is 18.7 Å². The number of para-hydroxylation sites is 1. The van der Waals surface area contributed by atoms with E-state index in [1.165, 1.54) is 17.0 Å². The van der Waals surface area contributed by atoms with Crippen molar-refractivity contribution in [3.63, 3.8) is 0 Å². The Morgan fingerprint density at radius 1 is 0.938 bits per heavy atom. The molecule has 0 unspecified atom stereocenters. The van der Waals surface area contributed by atoms with Gasteiger partial charge >= 0.3 is 0 Å². The van der Waals surface area contributed by atoms with Crippen LogP contribution in [-0.2, 0) is 9.59 Å². The molecule has 7 heteroatoms. The van der Waals surface area contributed by atoms with Crippen molar-refractivity contribution in [2.45, 2.75) is 13.3 Å². The lowest BCUT2D eigenvalue weighted by molar-refractivity contribution is -0.122. The topological polar surface area (TPSA) is 78.5 Å². The van der Waals surface area contributed by atoms with Crippen molar-refractivity contribution in [2.75, 3.05) is 22.1 Å². The molecule has 2 N–H and O–H groups in total. The minimum Gasteiger partial charge on any atom is -0.326 e. The maximum absolute atomic E-state index is 13.4. The molecule has 0 aromatic heterocycles. The maximum atomic E-state index is 13.4. The minimum atomic E-state index is -0.547. The van der Waals surface area contributed by atoms with E-state index in [0.717, 1.165) is 0 Å². The number of hydrogen-bond acceptors (Lipinski definition) is 3. The first-order chi connectivity index (χ1) is 15.4. The molecule has 1 heterocycles. The van der Waals surface area contributed by atoms with Crippen LogP contribution >= 0.6 is 0 Å². The Bertz CT molecular complexity index is 1180. The number of amides is 3. The van der Waals surface area contributed by atoms with Crippen LogP contribution in [0.15, 0.2) is 72.8 Å². The van der Waals surface area contributed by atoms with Crippen molar-refractivity contribution in [2.24, 2.45) is 5.92 Å². The summed E-state index contributed by atoms with van der Waals surface area (Å²) in [5.74, 6) is -1.67. The fourth-order valence-electron chi connectivity index (χ4n) is 3.64. The Kier molecular flexibility index (Phi) is 5.98. The van der Waals surface area contributed by atoms with E-state index in [1.54, 1.807) is 49.4 Å². The van der Waals surface area contributed by atoms with E-state index in [1.807, 2.05) is 18.2 Å². The molecule has 1 atom stereocenters. The molecule has 1 saturated heterocycles. The first-order valence-corrected chi connectivity index (χ1v) is 10.2. The number of benzene rings is 3. The van der Waals surface area contributed by atoms with Gasteiger partial charge in [0.05, 0.1) is 5.92 Å². The van der Waals surface area contributed by atoms with Gasteiger partial charge in [-0.2, -0.15) is 0 Å². The van der Waals surface area contributed by atoms with Crippen molar-refractivity contribution in [3.05, 3.63) is 89.7 Å². The number of hydrogen-bond donors (Lipinski definition) is 2. The number of carbonyl (C=O) groups excluding carboxylic acids is 3. The van der Waals surface area contributed by atoms with Crippen LogP contribution in [0.25, 0.3) is 0 Å². The SMILES string of the molecule is Cc1cc(NC(=O)[C@H]2CC(=O)N(c3cccc(C(=O)Nc4ccccc4)c3)C2)ccc1F. The third-order valence-corrected chi connectivity index (χ3v) is 5.37. The lowest BCUT2D eigenvalue weighted by Crippen LogP contribution is -2.28. The highest BCUT2D eigenvalue weighted by molar-refractivity contribution is 6.07. The van der Waals surface area contributed by atoms with Gasteiger partial charge < -0.3 is 15.5 Å². The monoisotopic (exact) mass is 431 g/mol. The molecular formula is C25H22FN3O3. The molecule has 162 valence electrons. The highest BCUT2D eigenvalue weighted by Gasteiger charge is 2.35. The average molecular weight is 431 g/mol. The Morgan fingerprint density at radius 3 is 2.47 bits per heavy atom. The summed E-state index contributed by atoms with van der Waals surface area (Å²) in [7, 11) is 0. The second-order valence-electron chi connectivity index (χ2n) is 7.73. The number of rotatable bonds is 5. The van der Waals surface area contributed by atoms with Crippen molar-refractivity contribution < 1.29 is 18.8 Å². The largest absolute Gasteiger partial charge is 0.326 e. The number of nitrogens with zero attached hydrogens (tertiary/aromatic N) is 1. The van der Waals surface area contributed by atoms with Gasteiger partial charge in [0.1, 0.15) is 5.82 Å². The van der Waals surface area contributed by atoms with Crippen LogP contribution in [0.3, 0.4) is 0 Å². The molecule has 0 aliphatic carbocycles. The number of halogens is 1. The molecule has 4 rings (SSSR count). The second-order valence-corrected chi connectivity index (χ2v) is 7.73. The smallest absolute Gasteiger partial charge is 0.255 e. The standard InChI is InChI=1S/C25H22FN3O3/c1-16-12-20(10-11-22(16)26)28-25(32)18-14-23(30)29(15-18)21-9-5-6-17(13-21)24(31)27-19-7-3-2-4-8-19/h2-13,18H,14-15H2,1H3,(H,27,31)(H,28,32)/t18-/m0/s1. The quantitative estimate of drug-likeness (QED) is 0.629. The van der Waals surface area contributed by atoms with E-state index in [-0.39, 0.29) is 36.5 Å². The third kappa shape index (κ3) is 4.67. The maximum Gasteiger partial charge on any atom is 0.255 e. The van der Waals surface area contributed by atoms with Gasteiger partial charge in [-0.15, -0.1) is 0 Å². The van der Waals surface area contributed by atoms with Gasteiger partial charge in [0.15, 0.2) is 0 Å². The van der Waals surface area contributed by atoms with E-state index in [9.17, 15) is 18.8 Å². The van der Waals surface area contributed by atoms with E-state index in [4.69, 9.17) is 0 Å². The van der Waals surface area contributed by atoms with E-state index >= 15 is 0 Å². The zero-order valence-electron chi connectivity index (χ0n) is 17.5. The van der Waals surface area contributed by atoms with Crippen molar-refractivity contribution in [3.8, 4) is 0 Å². The summed E-state index contributed by atoms with van der Waals surface area (Å²) in [5.41, 5.74) is 2.56. The van der Waals surface area contributed by atoms with Crippen LogP contribution < -0.4 is 15.5 Å². The van der Waals surface area contributed by atoms with Gasteiger partial charge in [0.25, 0.3) is 5.91 Å². The first-order valence-electron chi connectivity index (χ1n) is 10.2. The Morgan fingerprint density at radius 2 is 1.72 bits per heavy atom. The van der Waals surface area contributed by atoms with Gasteiger partial charge in [0, 0.05) is 35.6 Å². The number of anilines is 3. The molecule has 0 bridgehead atoms. The van der Waals surface area contributed by atoms with Crippen molar-refractivity contribution in [1.29, 1.82) is 0 Å². The number of aryl methyl sites for hydroxylation is 1. The van der Waals surface area contributed by atoms with Gasteiger partial charge in [0.2, 0.25) is 11.8 Å². The summed E-state index contributed by atoms with van der Waals surface area (Å²) in [6.07, 6.45) is 0.0620. The fraction of sp³-hybridized carbons (Fsp3) is 0.160. The molecule has 0 spiro atoms. The molecule has 1 aliphatic rings. The van der Waals surface area contributed by atoms with Gasteiger partial charge in [-0.05, 0) is 61.0 Å². The van der Waals surface area contributed by atoms with E-state index < -0.39 is 5.92 Å². The van der Waals surface area contributed by atoms with Crippen LogP contribution in [0.4, 0.5) is 21.5 Å². The first kappa shape index (κ1) is 21.2. The Balaban J connectivity index is 1.44. The zero-order chi connectivity index (χ0) is 22.7. The van der Waals surface area contributed by atoms with Gasteiger partial charge in [-0.3, -0.25) is 14.4 Å².